The van der Waals surface area contributed by atoms with Gasteiger partial charge >= 0.3 is 0 Å². The smallest absolute Gasteiger partial charge is 0.293 e. The Kier molecular flexibility index (Phi) is 13.0. The first kappa shape index (κ1) is 50.5. The third kappa shape index (κ3) is 8.91. The van der Waals surface area contributed by atoms with Crippen LogP contribution in [0, 0.1) is 5.41 Å². The number of amides is 5. The monoisotopic (exact) mass is 1030 g/mol. The molecule has 0 bridgehead atoms. The molecule has 0 radical (unpaired) electrons. The van der Waals surface area contributed by atoms with Crippen molar-refractivity contribution in [1.82, 2.24) is 33.8 Å². The molecular formula is C57H66N12O7. The van der Waals surface area contributed by atoms with Crippen LogP contribution in [0.2, 0.25) is 0 Å². The van der Waals surface area contributed by atoms with E-state index in [0.717, 1.165) is 67.2 Å². The van der Waals surface area contributed by atoms with Crippen molar-refractivity contribution in [2.45, 2.75) is 110 Å². The molecule has 5 amide bonds. The average Bonchev–Trinajstić information content (AvgIpc) is 4.08. The van der Waals surface area contributed by atoms with E-state index in [1.165, 1.54) is 28.9 Å². The van der Waals surface area contributed by atoms with Crippen molar-refractivity contribution in [3.8, 4) is 11.3 Å². The molecule has 396 valence electrons. The number of carbonyl (C=O) groups excluding carboxylic acids is 5. The van der Waals surface area contributed by atoms with Gasteiger partial charge in [-0.05, 0) is 117 Å². The number of hydrogen-bond acceptors (Lipinski definition) is 13. The lowest BCUT2D eigenvalue weighted by Crippen LogP contribution is -2.58. The Balaban J connectivity index is 0.769. The average molecular weight is 1030 g/mol. The zero-order valence-electron chi connectivity index (χ0n) is 44.1. The first-order chi connectivity index (χ1) is 36.4. The fraction of sp³-hybridized carbons (Fsp3) is 0.439. The second kappa shape index (κ2) is 19.5. The molecule has 3 aromatic heterocycles. The number of piperidine rings is 2. The van der Waals surface area contributed by atoms with Gasteiger partial charge in [-0.25, -0.2) is 9.97 Å². The van der Waals surface area contributed by atoms with E-state index < -0.39 is 18.2 Å². The molecule has 8 heterocycles. The molecule has 3 fully saturated rings. The number of aryl methyl sites for hydroxylation is 1. The van der Waals surface area contributed by atoms with Gasteiger partial charge in [0.25, 0.3) is 23.3 Å². The molecule has 2 unspecified atom stereocenters. The molecule has 76 heavy (non-hydrogen) atoms. The molecule has 6 aliphatic rings. The third-order valence-electron chi connectivity index (χ3n) is 16.7. The van der Waals surface area contributed by atoms with Crippen molar-refractivity contribution < 1.29 is 29.1 Å². The summed E-state index contributed by atoms with van der Waals surface area (Å²) in [5.41, 5.74) is 8.63. The van der Waals surface area contributed by atoms with E-state index >= 15 is 0 Å². The normalized spacial score (nSPS) is 22.5. The summed E-state index contributed by atoms with van der Waals surface area (Å²) in [5.74, 6) is -0.879. The SMILES string of the molecule is C=CC(=O)Nc1cc(Nc2nc(-c3ccnc(N4CCn5c(cc6c5CC(C)(C)C6)C4=O)c3CO)cn(C)c2=O)ccc1N1CCN(C2CCN(c3ccc4c(c3)CN(C3CCC(=O)N(C)C3=O)C4=O)[C@@H](C)C2)C[C@@H]1C. The van der Waals surface area contributed by atoms with E-state index in [1.807, 2.05) is 30.3 Å². The number of fused-ring (bicyclic) bond motifs is 4. The summed E-state index contributed by atoms with van der Waals surface area (Å²) in [6.45, 7) is 16.7. The number of imide groups is 1. The number of nitrogens with zero attached hydrogens (tertiary/aromatic N) is 10. The number of nitrogens with one attached hydrogen (secondary N) is 2. The highest BCUT2D eigenvalue weighted by Crippen LogP contribution is 2.41. The molecular weight excluding hydrogens is 965 g/mol. The quantitative estimate of drug-likeness (QED) is 0.111. The molecule has 19 heteroatoms. The zero-order valence-corrected chi connectivity index (χ0v) is 44.1. The van der Waals surface area contributed by atoms with Crippen molar-refractivity contribution >= 4 is 63.9 Å². The molecule has 3 saturated heterocycles. The van der Waals surface area contributed by atoms with Crippen LogP contribution in [0.25, 0.3) is 11.3 Å². The van der Waals surface area contributed by atoms with Gasteiger partial charge in [0.15, 0.2) is 5.82 Å². The van der Waals surface area contributed by atoms with E-state index in [9.17, 15) is 33.9 Å². The fourth-order valence-corrected chi connectivity index (χ4v) is 12.8. The number of likely N-dealkylation sites (N-methyl/N-ethyl adjacent to an activating group) is 1. The zero-order chi connectivity index (χ0) is 53.5. The summed E-state index contributed by atoms with van der Waals surface area (Å²) in [5, 5.41) is 17.1. The minimum absolute atomic E-state index is 0.0284. The Bertz CT molecular complexity index is 3310. The molecule has 0 saturated carbocycles. The summed E-state index contributed by atoms with van der Waals surface area (Å²) in [4.78, 5) is 101. The standard InChI is InChI=1S/C57H66N12O7/c1-8-49(71)60-43-26-37(59-51-56(76)62(6)31-44(61-51)41-15-17-58-52(42(41)32-70)68-22-21-67-47(55(68)75)25-35-27-57(4,5)28-48(35)67)9-12-45(43)66-20-19-64(29-34(66)3)38-16-18-65(33(2)23-38)39-10-11-40-36(24-39)30-69(53(40)73)46-13-14-50(72)63(7)54(46)74/h8-12,15,17,24-26,31,33-34,38,46,70H,1,13-14,16,18-23,27-30,32H2,2-7H3,(H,59,61)(H,60,71)/t33-,34-,38?,46?/m0/s1. The summed E-state index contributed by atoms with van der Waals surface area (Å²) in [6.07, 6.45) is 8.75. The lowest BCUT2D eigenvalue weighted by atomic mass is 9.90. The van der Waals surface area contributed by atoms with Gasteiger partial charge in [-0.2, -0.15) is 0 Å². The van der Waals surface area contributed by atoms with Crippen molar-refractivity contribution in [1.29, 1.82) is 0 Å². The van der Waals surface area contributed by atoms with Gasteiger partial charge in [-0.1, -0.05) is 20.4 Å². The highest BCUT2D eigenvalue weighted by molar-refractivity contribution is 6.07. The van der Waals surface area contributed by atoms with Crippen LogP contribution in [0.15, 0.2) is 78.4 Å². The third-order valence-corrected chi connectivity index (χ3v) is 16.7. The number of hydrogen-bond donors (Lipinski definition) is 3. The molecule has 5 aromatic rings. The molecule has 19 nitrogen and oxygen atoms in total. The maximum Gasteiger partial charge on any atom is 0.293 e. The van der Waals surface area contributed by atoms with Crippen molar-refractivity contribution in [2.75, 3.05) is 65.1 Å². The molecule has 5 aliphatic heterocycles. The van der Waals surface area contributed by atoms with E-state index in [2.05, 4.69) is 75.2 Å². The highest BCUT2D eigenvalue weighted by Gasteiger charge is 2.43. The van der Waals surface area contributed by atoms with Crippen LogP contribution in [0.5, 0.6) is 0 Å². The van der Waals surface area contributed by atoms with Crippen LogP contribution >= 0.6 is 0 Å². The number of benzene rings is 2. The number of aromatic nitrogens is 4. The van der Waals surface area contributed by atoms with Crippen LogP contribution in [0.3, 0.4) is 0 Å². The molecule has 3 N–H and O–H groups in total. The Morgan fingerprint density at radius 3 is 2.45 bits per heavy atom. The van der Waals surface area contributed by atoms with Crippen LogP contribution in [0.4, 0.5) is 34.4 Å². The number of aliphatic hydroxyl groups excluding tert-OH is 1. The Morgan fingerprint density at radius 1 is 0.868 bits per heavy atom. The summed E-state index contributed by atoms with van der Waals surface area (Å²) in [6, 6.07) is 15.4. The maximum atomic E-state index is 14.1. The Hall–Kier alpha value is -7.64. The predicted molar refractivity (Wildman–Crippen MR) is 290 cm³/mol. The summed E-state index contributed by atoms with van der Waals surface area (Å²) in [7, 11) is 3.12. The van der Waals surface area contributed by atoms with Crippen molar-refractivity contribution in [2.24, 2.45) is 12.5 Å². The second-order valence-electron chi connectivity index (χ2n) is 22.3. The van der Waals surface area contributed by atoms with Gasteiger partial charge in [0.2, 0.25) is 11.8 Å². The van der Waals surface area contributed by atoms with Gasteiger partial charge in [0.05, 0.1) is 23.7 Å². The van der Waals surface area contributed by atoms with Crippen molar-refractivity contribution in [3.63, 3.8) is 0 Å². The van der Waals surface area contributed by atoms with E-state index in [4.69, 9.17) is 4.98 Å². The molecule has 4 atom stereocenters. The Labute approximate surface area is 441 Å². The van der Waals surface area contributed by atoms with Gasteiger partial charge in [0, 0.05) is 131 Å². The maximum absolute atomic E-state index is 14.1. The Morgan fingerprint density at radius 2 is 1.68 bits per heavy atom. The van der Waals surface area contributed by atoms with Crippen molar-refractivity contribution in [3.05, 3.63) is 118 Å². The van der Waals surface area contributed by atoms with E-state index in [1.54, 1.807) is 41.4 Å². The van der Waals surface area contributed by atoms with Crippen LogP contribution in [-0.2, 0) is 54.0 Å². The number of aliphatic hydroxyl groups is 1. The largest absolute Gasteiger partial charge is 0.392 e. The van der Waals surface area contributed by atoms with Gasteiger partial charge in [-0.3, -0.25) is 43.5 Å². The van der Waals surface area contributed by atoms with Crippen LogP contribution in [0.1, 0.15) is 96.6 Å². The first-order valence-corrected chi connectivity index (χ1v) is 26.5. The lowest BCUT2D eigenvalue weighted by molar-refractivity contribution is -0.150. The minimum Gasteiger partial charge on any atom is -0.392 e. The summed E-state index contributed by atoms with van der Waals surface area (Å²) >= 11 is 0. The predicted octanol–water partition coefficient (Wildman–Crippen LogP) is 5.46. The lowest BCUT2D eigenvalue weighted by Gasteiger charge is -2.48. The highest BCUT2D eigenvalue weighted by atomic mass is 16.3. The number of anilines is 6. The first-order valence-electron chi connectivity index (χ1n) is 26.5. The second-order valence-corrected chi connectivity index (χ2v) is 22.3. The number of carbonyl (C=O) groups is 5. The molecule has 1 aliphatic carbocycles. The fourth-order valence-electron chi connectivity index (χ4n) is 12.8. The van der Waals surface area contributed by atoms with Crippen LogP contribution < -0.4 is 30.9 Å². The minimum atomic E-state index is -0.636. The number of rotatable bonds is 11. The molecule has 0 spiro atoms. The number of likely N-dealkylation sites (tertiary alicyclic amines) is 1. The van der Waals surface area contributed by atoms with Gasteiger partial charge in [0.1, 0.15) is 17.6 Å². The topological polar surface area (TPSA) is 202 Å². The number of piperazine rings is 1. The molecule has 11 rings (SSSR count). The van der Waals surface area contributed by atoms with Gasteiger partial charge in [-0.15, -0.1) is 0 Å². The molecule has 2 aromatic carbocycles. The van der Waals surface area contributed by atoms with E-state index in [0.29, 0.717) is 83.9 Å². The summed E-state index contributed by atoms with van der Waals surface area (Å²) < 4.78 is 3.56. The van der Waals surface area contributed by atoms with E-state index in [-0.39, 0.29) is 59.3 Å². The van der Waals surface area contributed by atoms with Crippen LogP contribution in [-0.4, -0.2) is 132 Å². The van der Waals surface area contributed by atoms with Gasteiger partial charge < -0.3 is 39.6 Å². The number of pyridine rings is 1.